The Hall–Kier alpha value is -3.40. The normalized spacial score (nSPS) is 17.6. The minimum Gasteiger partial charge on any atom is -0.469 e. The van der Waals surface area contributed by atoms with E-state index in [1.54, 1.807) is 6.26 Å². The second kappa shape index (κ2) is 9.69. The lowest BCUT2D eigenvalue weighted by atomic mass is 9.78. The molecule has 1 aliphatic carbocycles. The molecule has 182 valence electrons. The van der Waals surface area contributed by atoms with E-state index in [0.717, 1.165) is 36.1 Å². The molecule has 3 heterocycles. The highest BCUT2D eigenvalue weighted by Crippen LogP contribution is 2.36. The first-order chi connectivity index (χ1) is 17.0. The van der Waals surface area contributed by atoms with Crippen LogP contribution >= 0.6 is 11.8 Å². The fourth-order valence-corrected chi connectivity index (χ4v) is 5.80. The van der Waals surface area contributed by atoms with Crippen molar-refractivity contribution in [3.63, 3.8) is 0 Å². The fraction of sp³-hybridized carbons (Fsp3) is 0.400. The average molecular weight is 494 g/mol. The first-order valence-corrected chi connectivity index (χ1v) is 12.8. The van der Waals surface area contributed by atoms with E-state index < -0.39 is 11.4 Å². The van der Waals surface area contributed by atoms with Crippen molar-refractivity contribution in [2.45, 2.75) is 56.3 Å². The van der Waals surface area contributed by atoms with E-state index in [0.29, 0.717) is 30.4 Å². The Morgan fingerprint density at radius 2 is 1.89 bits per heavy atom. The van der Waals surface area contributed by atoms with Gasteiger partial charge in [-0.05, 0) is 31.4 Å². The highest BCUT2D eigenvalue weighted by atomic mass is 32.2. The van der Waals surface area contributed by atoms with Crippen LogP contribution in [0.1, 0.15) is 43.4 Å². The van der Waals surface area contributed by atoms with E-state index in [9.17, 15) is 14.4 Å². The molecule has 9 nitrogen and oxygen atoms in total. The molecule has 35 heavy (non-hydrogen) atoms. The number of aromatic nitrogens is 3. The van der Waals surface area contributed by atoms with Crippen molar-refractivity contribution < 1.29 is 18.8 Å². The summed E-state index contributed by atoms with van der Waals surface area (Å²) in [5.41, 5.74) is 0.981. The third-order valence-corrected chi connectivity index (χ3v) is 7.75. The van der Waals surface area contributed by atoms with Crippen LogP contribution in [0.4, 0.5) is 0 Å². The number of furan rings is 1. The molecule has 0 atom stereocenters. The van der Waals surface area contributed by atoms with Gasteiger partial charge in [0.15, 0.2) is 11.0 Å². The number of thioether (sulfide) groups is 1. The topological polar surface area (TPSA) is 110 Å². The molecule has 1 N–H and O–H groups in total. The molecule has 0 radical (unpaired) electrons. The molecule has 1 aliphatic heterocycles. The van der Waals surface area contributed by atoms with Gasteiger partial charge in [0.25, 0.3) is 5.91 Å². The molecule has 3 amide bonds. The zero-order valence-corrected chi connectivity index (χ0v) is 20.3. The van der Waals surface area contributed by atoms with Crippen LogP contribution in [0.2, 0.25) is 0 Å². The predicted molar refractivity (Wildman–Crippen MR) is 129 cm³/mol. The van der Waals surface area contributed by atoms with Gasteiger partial charge in [0.05, 0.1) is 24.1 Å². The number of carbonyl (C=O) groups excluding carboxylic acids is 3. The standard InChI is InChI=1S/C25H27N5O4S/c1-17-19(10-13-34-17)22-27-28-24(29(22)14-18-8-4-2-5-9-18)35-16-21(32)30-15-20(31)26-23(33)25(30)11-6-3-7-12-25/h2,4-5,8-10,13H,3,6-7,11-12,14-16H2,1H3,(H,26,31,33). The van der Waals surface area contributed by atoms with Gasteiger partial charge in [-0.1, -0.05) is 61.4 Å². The Balaban J connectivity index is 1.40. The minimum atomic E-state index is -0.930. The van der Waals surface area contributed by atoms with Crippen molar-refractivity contribution in [2.75, 3.05) is 12.3 Å². The lowest BCUT2D eigenvalue weighted by Crippen LogP contribution is -2.69. The van der Waals surface area contributed by atoms with Gasteiger partial charge in [0, 0.05) is 0 Å². The Morgan fingerprint density at radius 3 is 2.60 bits per heavy atom. The molecule has 2 fully saturated rings. The second-order valence-corrected chi connectivity index (χ2v) is 9.95. The smallest absolute Gasteiger partial charge is 0.252 e. The predicted octanol–water partition coefficient (Wildman–Crippen LogP) is 3.17. The van der Waals surface area contributed by atoms with Gasteiger partial charge in [0.2, 0.25) is 11.8 Å². The maximum Gasteiger partial charge on any atom is 0.252 e. The molecule has 2 aliphatic rings. The van der Waals surface area contributed by atoms with Crippen molar-refractivity contribution in [3.05, 3.63) is 54.0 Å². The van der Waals surface area contributed by atoms with Crippen LogP contribution < -0.4 is 5.32 Å². The molecule has 5 rings (SSSR count). The van der Waals surface area contributed by atoms with E-state index >= 15 is 0 Å². The Bertz CT molecular complexity index is 1250. The number of carbonyl (C=O) groups is 3. The summed E-state index contributed by atoms with van der Waals surface area (Å²) >= 11 is 1.27. The van der Waals surface area contributed by atoms with Gasteiger partial charge in [-0.3, -0.25) is 24.3 Å². The van der Waals surface area contributed by atoms with Crippen LogP contribution in [-0.2, 0) is 20.9 Å². The summed E-state index contributed by atoms with van der Waals surface area (Å²) < 4.78 is 7.44. The molecule has 1 saturated carbocycles. The maximum absolute atomic E-state index is 13.4. The van der Waals surface area contributed by atoms with Crippen LogP contribution in [0.5, 0.6) is 0 Å². The summed E-state index contributed by atoms with van der Waals surface area (Å²) in [6.45, 7) is 2.30. The van der Waals surface area contributed by atoms with E-state index in [-0.39, 0.29) is 24.1 Å². The number of hydrogen-bond donors (Lipinski definition) is 1. The van der Waals surface area contributed by atoms with E-state index in [4.69, 9.17) is 4.42 Å². The van der Waals surface area contributed by atoms with Gasteiger partial charge in [-0.15, -0.1) is 10.2 Å². The average Bonchev–Trinajstić information content (AvgIpc) is 3.46. The Morgan fingerprint density at radius 1 is 1.11 bits per heavy atom. The van der Waals surface area contributed by atoms with Gasteiger partial charge >= 0.3 is 0 Å². The SMILES string of the molecule is Cc1occc1-c1nnc(SCC(=O)N2CC(=O)NC(=O)C23CCCCC3)n1Cc1ccccc1. The lowest BCUT2D eigenvalue weighted by molar-refractivity contribution is -0.158. The zero-order chi connectivity index (χ0) is 24.4. The highest BCUT2D eigenvalue weighted by Gasteiger charge is 2.50. The van der Waals surface area contributed by atoms with Crippen molar-refractivity contribution >= 4 is 29.5 Å². The van der Waals surface area contributed by atoms with Crippen LogP contribution in [0.25, 0.3) is 11.4 Å². The molecule has 2 aromatic heterocycles. The molecule has 1 spiro atoms. The zero-order valence-electron chi connectivity index (χ0n) is 19.5. The van der Waals surface area contributed by atoms with Crippen LogP contribution in [-0.4, -0.2) is 55.2 Å². The van der Waals surface area contributed by atoms with E-state index in [1.807, 2.05) is 47.9 Å². The summed E-state index contributed by atoms with van der Waals surface area (Å²) in [5.74, 6) is 0.420. The quantitative estimate of drug-likeness (QED) is 0.415. The number of nitrogens with one attached hydrogen (secondary N) is 1. The number of nitrogens with zero attached hydrogens (tertiary/aromatic N) is 4. The van der Waals surface area contributed by atoms with Gasteiger partial charge in [-0.2, -0.15) is 0 Å². The summed E-state index contributed by atoms with van der Waals surface area (Å²) in [5, 5.41) is 11.8. The molecule has 3 aromatic rings. The van der Waals surface area contributed by atoms with Crippen LogP contribution in [0.15, 0.2) is 52.2 Å². The van der Waals surface area contributed by atoms with Gasteiger partial charge in [-0.25, -0.2) is 0 Å². The fourth-order valence-electron chi connectivity index (χ4n) is 4.98. The molecule has 10 heteroatoms. The maximum atomic E-state index is 13.4. The van der Waals surface area contributed by atoms with Crippen molar-refractivity contribution in [2.24, 2.45) is 0 Å². The van der Waals surface area contributed by atoms with Crippen LogP contribution in [0.3, 0.4) is 0 Å². The number of benzene rings is 1. The lowest BCUT2D eigenvalue weighted by Gasteiger charge is -2.47. The summed E-state index contributed by atoms with van der Waals surface area (Å²) in [7, 11) is 0. The van der Waals surface area contributed by atoms with Gasteiger partial charge in [0.1, 0.15) is 17.8 Å². The number of amides is 3. The molecule has 0 unspecified atom stereocenters. The van der Waals surface area contributed by atoms with E-state index in [1.165, 1.54) is 16.7 Å². The summed E-state index contributed by atoms with van der Waals surface area (Å²) in [4.78, 5) is 39.9. The summed E-state index contributed by atoms with van der Waals surface area (Å²) in [6, 6.07) is 11.8. The minimum absolute atomic E-state index is 0.0552. The third kappa shape index (κ3) is 4.50. The van der Waals surface area contributed by atoms with Crippen molar-refractivity contribution in [3.8, 4) is 11.4 Å². The summed E-state index contributed by atoms with van der Waals surface area (Å²) in [6.07, 6.45) is 5.52. The largest absolute Gasteiger partial charge is 0.469 e. The number of hydrogen-bond acceptors (Lipinski definition) is 7. The van der Waals surface area contributed by atoms with Crippen molar-refractivity contribution in [1.29, 1.82) is 0 Å². The number of aryl methyl sites for hydroxylation is 1. The Labute approximate surface area is 207 Å². The Kier molecular flexibility index (Phi) is 6.46. The first-order valence-electron chi connectivity index (χ1n) is 11.8. The molecule has 0 bridgehead atoms. The van der Waals surface area contributed by atoms with Gasteiger partial charge < -0.3 is 9.32 Å². The second-order valence-electron chi connectivity index (χ2n) is 9.01. The highest BCUT2D eigenvalue weighted by molar-refractivity contribution is 7.99. The third-order valence-electron chi connectivity index (χ3n) is 6.80. The van der Waals surface area contributed by atoms with Crippen molar-refractivity contribution in [1.82, 2.24) is 25.0 Å². The number of imide groups is 1. The monoisotopic (exact) mass is 493 g/mol. The number of rotatable bonds is 6. The molecule has 1 saturated heterocycles. The molecule has 1 aromatic carbocycles. The molecular formula is C25H27N5O4S. The molecular weight excluding hydrogens is 466 g/mol. The number of piperazine rings is 1. The van der Waals surface area contributed by atoms with E-state index in [2.05, 4.69) is 15.5 Å². The first kappa shape index (κ1) is 23.3. The van der Waals surface area contributed by atoms with Crippen LogP contribution in [0, 0.1) is 6.92 Å².